The smallest absolute Gasteiger partial charge is 0.132 e. The minimum Gasteiger partial charge on any atom is -0.384 e. The molecule has 1 aliphatic carbocycles. The van der Waals surface area contributed by atoms with Crippen molar-refractivity contribution < 1.29 is 0 Å². The van der Waals surface area contributed by atoms with Crippen molar-refractivity contribution in [2.75, 3.05) is 11.5 Å². The first-order chi connectivity index (χ1) is 8.28. The molecule has 1 heterocycles. The van der Waals surface area contributed by atoms with E-state index in [0.29, 0.717) is 5.82 Å². The highest BCUT2D eigenvalue weighted by Crippen LogP contribution is 2.30. The number of anilines is 1. The normalized spacial score (nSPS) is 16.5. The molecule has 4 heteroatoms. The van der Waals surface area contributed by atoms with Crippen LogP contribution >= 0.6 is 11.8 Å². The fourth-order valence-corrected chi connectivity index (χ4v) is 3.40. The highest BCUT2D eigenvalue weighted by atomic mass is 32.2. The van der Waals surface area contributed by atoms with Crippen LogP contribution in [0.2, 0.25) is 0 Å². The van der Waals surface area contributed by atoms with Gasteiger partial charge in [-0.2, -0.15) is 0 Å². The Balaban J connectivity index is 1.94. The Bertz CT molecular complexity index is 362. The van der Waals surface area contributed by atoms with Gasteiger partial charge in [-0.25, -0.2) is 9.97 Å². The zero-order chi connectivity index (χ0) is 12.1. The molecule has 0 bridgehead atoms. The monoisotopic (exact) mass is 251 g/mol. The molecular formula is C13H21N3S. The molecule has 0 aliphatic heterocycles. The molecular weight excluding hydrogens is 230 g/mol. The van der Waals surface area contributed by atoms with Crippen LogP contribution in [0.1, 0.15) is 44.9 Å². The van der Waals surface area contributed by atoms with Crippen LogP contribution in [0.5, 0.6) is 0 Å². The van der Waals surface area contributed by atoms with E-state index < -0.39 is 0 Å². The summed E-state index contributed by atoms with van der Waals surface area (Å²) in [5, 5.41) is 1.05. The van der Waals surface area contributed by atoms with E-state index in [0.717, 1.165) is 29.6 Å². The van der Waals surface area contributed by atoms with Gasteiger partial charge < -0.3 is 5.73 Å². The number of thioether (sulfide) groups is 1. The third-order valence-corrected chi connectivity index (χ3v) is 4.33. The number of aryl methyl sites for hydroxylation is 1. The third-order valence-electron chi connectivity index (χ3n) is 3.18. The van der Waals surface area contributed by atoms with E-state index in [-0.39, 0.29) is 0 Å². The molecule has 17 heavy (non-hydrogen) atoms. The van der Waals surface area contributed by atoms with Gasteiger partial charge in [-0.3, -0.25) is 0 Å². The average molecular weight is 251 g/mol. The van der Waals surface area contributed by atoms with E-state index in [4.69, 9.17) is 5.73 Å². The third kappa shape index (κ3) is 3.87. The number of hydrogen-bond acceptors (Lipinski definition) is 4. The number of rotatable bonds is 5. The van der Waals surface area contributed by atoms with Crippen LogP contribution in [0.3, 0.4) is 0 Å². The van der Waals surface area contributed by atoms with Gasteiger partial charge in [0.1, 0.15) is 16.7 Å². The SMILES string of the molecule is CCCc1nc(N)cc(SCC2CCCC2)n1. The van der Waals surface area contributed by atoms with Crippen LogP contribution in [-0.4, -0.2) is 15.7 Å². The van der Waals surface area contributed by atoms with Gasteiger partial charge in [-0.05, 0) is 25.2 Å². The number of nitrogens with zero attached hydrogens (tertiary/aromatic N) is 2. The Morgan fingerprint density at radius 1 is 1.35 bits per heavy atom. The fourth-order valence-electron chi connectivity index (χ4n) is 2.28. The largest absolute Gasteiger partial charge is 0.384 e. The van der Waals surface area contributed by atoms with Gasteiger partial charge in [0.25, 0.3) is 0 Å². The second-order valence-electron chi connectivity index (χ2n) is 4.76. The first-order valence-corrected chi connectivity index (χ1v) is 7.52. The molecule has 2 rings (SSSR count). The molecule has 0 amide bonds. The summed E-state index contributed by atoms with van der Waals surface area (Å²) in [6.45, 7) is 2.14. The molecule has 94 valence electrons. The molecule has 0 radical (unpaired) electrons. The predicted molar refractivity (Wildman–Crippen MR) is 73.1 cm³/mol. The maximum atomic E-state index is 5.81. The van der Waals surface area contributed by atoms with Crippen LogP contribution in [0.25, 0.3) is 0 Å². The summed E-state index contributed by atoms with van der Waals surface area (Å²) in [6, 6.07) is 1.90. The van der Waals surface area contributed by atoms with Gasteiger partial charge in [-0.1, -0.05) is 19.8 Å². The summed E-state index contributed by atoms with van der Waals surface area (Å²) >= 11 is 1.84. The molecule has 1 saturated carbocycles. The van der Waals surface area contributed by atoms with Crippen molar-refractivity contribution in [2.24, 2.45) is 5.92 Å². The van der Waals surface area contributed by atoms with E-state index in [2.05, 4.69) is 16.9 Å². The number of nitrogens with two attached hydrogens (primary N) is 1. The highest BCUT2D eigenvalue weighted by molar-refractivity contribution is 7.99. The molecule has 1 aliphatic rings. The molecule has 0 saturated heterocycles. The number of nitrogen functional groups attached to an aromatic ring is 1. The fraction of sp³-hybridized carbons (Fsp3) is 0.692. The quantitative estimate of drug-likeness (QED) is 0.644. The lowest BCUT2D eigenvalue weighted by molar-refractivity contribution is 0.622. The maximum absolute atomic E-state index is 5.81. The Labute approximate surface area is 108 Å². The minimum atomic E-state index is 0.609. The molecule has 0 aromatic carbocycles. The highest BCUT2D eigenvalue weighted by Gasteiger charge is 2.15. The number of aromatic nitrogens is 2. The van der Waals surface area contributed by atoms with E-state index in [1.807, 2.05) is 17.8 Å². The van der Waals surface area contributed by atoms with Crippen LogP contribution in [0, 0.1) is 5.92 Å². The van der Waals surface area contributed by atoms with E-state index in [1.54, 1.807) is 0 Å². The van der Waals surface area contributed by atoms with Gasteiger partial charge in [0.05, 0.1) is 0 Å². The Morgan fingerprint density at radius 3 is 2.82 bits per heavy atom. The van der Waals surface area contributed by atoms with Crippen LogP contribution in [0.4, 0.5) is 5.82 Å². The van der Waals surface area contributed by atoms with Crippen molar-refractivity contribution in [3.05, 3.63) is 11.9 Å². The molecule has 1 aromatic rings. The molecule has 3 nitrogen and oxygen atoms in total. The standard InChI is InChI=1S/C13H21N3S/c1-2-5-12-15-11(14)8-13(16-12)17-9-10-6-3-4-7-10/h8,10H,2-7,9H2,1H3,(H2,14,15,16). The summed E-state index contributed by atoms with van der Waals surface area (Å²) in [4.78, 5) is 8.81. The Morgan fingerprint density at radius 2 is 2.12 bits per heavy atom. The van der Waals surface area contributed by atoms with Crippen LogP contribution < -0.4 is 5.73 Å². The van der Waals surface area contributed by atoms with Gasteiger partial charge >= 0.3 is 0 Å². The summed E-state index contributed by atoms with van der Waals surface area (Å²) in [5.74, 6) is 3.56. The lowest BCUT2D eigenvalue weighted by Crippen LogP contribution is -2.02. The Kier molecular flexibility index (Phi) is 4.66. The first kappa shape index (κ1) is 12.7. The molecule has 0 atom stereocenters. The zero-order valence-electron chi connectivity index (χ0n) is 10.5. The van der Waals surface area contributed by atoms with Gasteiger partial charge in [0.15, 0.2) is 0 Å². The van der Waals surface area contributed by atoms with Gasteiger partial charge in [-0.15, -0.1) is 11.8 Å². The van der Waals surface area contributed by atoms with Gasteiger partial charge in [0, 0.05) is 18.2 Å². The summed E-state index contributed by atoms with van der Waals surface area (Å²) in [6.07, 6.45) is 7.55. The van der Waals surface area contributed by atoms with Crippen molar-refractivity contribution in [1.82, 2.24) is 9.97 Å². The summed E-state index contributed by atoms with van der Waals surface area (Å²) < 4.78 is 0. The summed E-state index contributed by atoms with van der Waals surface area (Å²) in [5.41, 5.74) is 5.81. The van der Waals surface area contributed by atoms with E-state index >= 15 is 0 Å². The van der Waals surface area contributed by atoms with Gasteiger partial charge in [0.2, 0.25) is 0 Å². The van der Waals surface area contributed by atoms with Crippen molar-refractivity contribution in [2.45, 2.75) is 50.5 Å². The summed E-state index contributed by atoms with van der Waals surface area (Å²) in [7, 11) is 0. The second kappa shape index (κ2) is 6.24. The van der Waals surface area contributed by atoms with Crippen LogP contribution in [0.15, 0.2) is 11.1 Å². The predicted octanol–water partition coefficient (Wildman–Crippen LogP) is 3.29. The minimum absolute atomic E-state index is 0.609. The van der Waals surface area contributed by atoms with E-state index in [9.17, 15) is 0 Å². The number of hydrogen-bond donors (Lipinski definition) is 1. The second-order valence-corrected chi connectivity index (χ2v) is 5.80. The lowest BCUT2D eigenvalue weighted by Gasteiger charge is -2.09. The maximum Gasteiger partial charge on any atom is 0.132 e. The van der Waals surface area contributed by atoms with Crippen molar-refractivity contribution in [3.63, 3.8) is 0 Å². The first-order valence-electron chi connectivity index (χ1n) is 6.54. The van der Waals surface area contributed by atoms with Crippen molar-refractivity contribution in [3.8, 4) is 0 Å². The van der Waals surface area contributed by atoms with Crippen molar-refractivity contribution in [1.29, 1.82) is 0 Å². The molecule has 1 aromatic heterocycles. The average Bonchev–Trinajstić information content (AvgIpc) is 2.79. The lowest BCUT2D eigenvalue weighted by atomic mass is 10.1. The molecule has 0 spiro atoms. The van der Waals surface area contributed by atoms with E-state index in [1.165, 1.54) is 31.4 Å². The molecule has 2 N–H and O–H groups in total. The Hall–Kier alpha value is -0.770. The van der Waals surface area contributed by atoms with Crippen LogP contribution in [-0.2, 0) is 6.42 Å². The molecule has 1 fully saturated rings. The van der Waals surface area contributed by atoms with Crippen molar-refractivity contribution >= 4 is 17.6 Å². The zero-order valence-corrected chi connectivity index (χ0v) is 11.3. The molecule has 0 unspecified atom stereocenters. The topological polar surface area (TPSA) is 51.8 Å².